The molecular formula is C19H11N7O11S5. The molecule has 4 aliphatic heterocycles. The van der Waals surface area contributed by atoms with Gasteiger partial charge in [0.05, 0.1) is 33.7 Å². The Morgan fingerprint density at radius 2 is 1.21 bits per heavy atom. The van der Waals surface area contributed by atoms with Crippen LogP contribution in [0.4, 0.5) is 24.9 Å². The number of nitrogens with zero attached hydrogens (tertiary/aromatic N) is 4. The van der Waals surface area contributed by atoms with E-state index >= 15 is 0 Å². The predicted octanol–water partition coefficient (Wildman–Crippen LogP) is 1.59. The second-order valence-electron chi connectivity index (χ2n) is 7.89. The lowest BCUT2D eigenvalue weighted by atomic mass is 10.2. The van der Waals surface area contributed by atoms with Gasteiger partial charge in [-0.05, 0) is 0 Å². The number of rotatable bonds is 1. The molecule has 0 saturated heterocycles. The molecule has 0 atom stereocenters. The van der Waals surface area contributed by atoms with Crippen LogP contribution in [0.3, 0.4) is 0 Å². The first kappa shape index (κ1) is 29.5. The second kappa shape index (κ2) is 10.1. The summed E-state index contributed by atoms with van der Waals surface area (Å²) in [5.41, 5.74) is 11.1. The average Bonchev–Trinajstić information content (AvgIpc) is 3.47. The number of hydrogen-bond acceptors (Lipinski definition) is 15. The highest BCUT2D eigenvalue weighted by Crippen LogP contribution is 2.65. The summed E-state index contributed by atoms with van der Waals surface area (Å²) >= 11 is 2.63. The maximum absolute atomic E-state index is 13.0. The van der Waals surface area contributed by atoms with Crippen molar-refractivity contribution in [3.8, 4) is 0 Å². The molecular weight excluding hydrogens is 663 g/mol. The summed E-state index contributed by atoms with van der Waals surface area (Å²) in [5.74, 6) is -3.55. The summed E-state index contributed by atoms with van der Waals surface area (Å²) in [4.78, 5) is 78.4. The number of aliphatic imine (C=N–C) groups is 2. The van der Waals surface area contributed by atoms with Crippen molar-refractivity contribution in [3.05, 3.63) is 19.6 Å². The molecule has 0 fully saturated rings. The molecule has 23 heteroatoms. The first-order valence-electron chi connectivity index (χ1n) is 10.6. The van der Waals surface area contributed by atoms with E-state index in [-0.39, 0.29) is 55.0 Å². The van der Waals surface area contributed by atoms with Crippen molar-refractivity contribution in [1.82, 2.24) is 15.1 Å². The van der Waals surface area contributed by atoms with Gasteiger partial charge in [0.2, 0.25) is 0 Å². The number of carbonyl (C=O) groups is 6. The highest BCUT2D eigenvalue weighted by Gasteiger charge is 2.45. The van der Waals surface area contributed by atoms with Gasteiger partial charge >= 0.3 is 24.2 Å². The maximum atomic E-state index is 13.0. The highest BCUT2D eigenvalue weighted by molar-refractivity contribution is 8.26. The van der Waals surface area contributed by atoms with Crippen LogP contribution in [0, 0.1) is 0 Å². The van der Waals surface area contributed by atoms with Crippen molar-refractivity contribution in [2.45, 2.75) is 24.5 Å². The number of anilines is 1. The molecule has 4 heterocycles. The van der Waals surface area contributed by atoms with E-state index in [1.165, 1.54) is 7.05 Å². The smallest absolute Gasteiger partial charge is 0.422 e. The Labute approximate surface area is 249 Å². The van der Waals surface area contributed by atoms with Crippen LogP contribution in [-0.2, 0) is 19.7 Å². The number of benzene rings is 1. The van der Waals surface area contributed by atoms with Crippen molar-refractivity contribution in [1.29, 1.82) is 0 Å². The topological polar surface area (TPSA) is 293 Å². The average molecular weight is 674 g/mol. The lowest BCUT2D eigenvalue weighted by molar-refractivity contribution is -0.123. The van der Waals surface area contributed by atoms with Crippen molar-refractivity contribution in [3.63, 3.8) is 0 Å². The molecule has 0 unspecified atom stereocenters. The molecule has 0 aromatic heterocycles. The fourth-order valence-corrected chi connectivity index (χ4v) is 11.0. The third kappa shape index (κ3) is 4.40. The fourth-order valence-electron chi connectivity index (χ4n) is 3.81. The number of thioether (sulfide) groups is 4. The third-order valence-electron chi connectivity index (χ3n) is 5.51. The molecule has 18 nitrogen and oxygen atoms in total. The van der Waals surface area contributed by atoms with Crippen molar-refractivity contribution >= 4 is 111 Å². The number of nitrogen functional groups attached to an aromatic ring is 1. The van der Waals surface area contributed by atoms with Gasteiger partial charge in [-0.25, -0.2) is 19.2 Å². The van der Waals surface area contributed by atoms with Gasteiger partial charge in [-0.1, -0.05) is 47.0 Å². The predicted molar refractivity (Wildman–Crippen MR) is 147 cm³/mol. The zero-order valence-electron chi connectivity index (χ0n) is 20.1. The SMILES string of the molecule is CNC1=NC(=O)N(C(=O)O)C(=O)/C1=C1\Sc2c(N)c3c(c(S(=O)(=O)O)c2S1)S/C(=C1\C(=O)N(C(=O)O)C(=O)N=C1N)S3. The molecule has 0 aliphatic carbocycles. The van der Waals surface area contributed by atoms with Gasteiger partial charge in [-0.2, -0.15) is 28.2 Å². The molecule has 0 spiro atoms. The fraction of sp³-hybridized carbons (Fsp3) is 0.0526. The molecule has 8 amide bonds. The Kier molecular flexibility index (Phi) is 7.05. The van der Waals surface area contributed by atoms with Crippen LogP contribution in [0.1, 0.15) is 0 Å². The number of urea groups is 2. The number of hydrogen-bond donors (Lipinski definition) is 6. The van der Waals surface area contributed by atoms with Crippen LogP contribution in [0.25, 0.3) is 0 Å². The third-order valence-corrected chi connectivity index (χ3v) is 12.0. The van der Waals surface area contributed by atoms with Gasteiger partial charge in [0, 0.05) is 7.05 Å². The number of carbonyl (C=O) groups excluding carboxylic acids is 4. The van der Waals surface area contributed by atoms with Gasteiger partial charge in [-0.15, -0.1) is 0 Å². The van der Waals surface area contributed by atoms with Crippen molar-refractivity contribution in [2.75, 3.05) is 12.8 Å². The van der Waals surface area contributed by atoms with Crippen LogP contribution in [-0.4, -0.2) is 87.8 Å². The lowest BCUT2D eigenvalue weighted by Crippen LogP contribution is -2.47. The Morgan fingerprint density at radius 1 is 0.786 bits per heavy atom. The summed E-state index contributed by atoms with van der Waals surface area (Å²) in [5, 5.41) is 21.1. The van der Waals surface area contributed by atoms with E-state index in [0.717, 1.165) is 11.8 Å². The van der Waals surface area contributed by atoms with Crippen LogP contribution in [0.5, 0.6) is 0 Å². The van der Waals surface area contributed by atoms with Crippen LogP contribution in [0.15, 0.2) is 54.1 Å². The highest BCUT2D eigenvalue weighted by atomic mass is 32.2. The van der Waals surface area contributed by atoms with E-state index in [9.17, 15) is 52.0 Å². The number of amides is 8. The molecule has 0 radical (unpaired) electrons. The van der Waals surface area contributed by atoms with Gasteiger partial charge < -0.3 is 27.0 Å². The molecule has 0 bridgehead atoms. The molecule has 5 rings (SSSR count). The van der Waals surface area contributed by atoms with Gasteiger partial charge in [-0.3, -0.25) is 14.1 Å². The molecule has 1 aromatic rings. The Bertz CT molecular complexity index is 1860. The minimum Gasteiger partial charge on any atom is -0.464 e. The summed E-state index contributed by atoms with van der Waals surface area (Å²) in [6, 6.07) is -2.82. The first-order valence-corrected chi connectivity index (χ1v) is 15.3. The van der Waals surface area contributed by atoms with E-state index in [4.69, 9.17) is 11.5 Å². The monoisotopic (exact) mass is 673 g/mol. The molecule has 218 valence electrons. The van der Waals surface area contributed by atoms with Crippen molar-refractivity contribution < 1.29 is 52.0 Å². The zero-order chi connectivity index (χ0) is 31.0. The maximum Gasteiger partial charge on any atom is 0.422 e. The van der Waals surface area contributed by atoms with E-state index in [1.807, 2.05) is 0 Å². The lowest BCUT2D eigenvalue weighted by Gasteiger charge is -2.22. The minimum absolute atomic E-state index is 0.00687. The number of fused-ring (bicyclic) bond motifs is 2. The van der Waals surface area contributed by atoms with Gasteiger partial charge in [0.1, 0.15) is 27.7 Å². The second-order valence-corrected chi connectivity index (χ2v) is 13.8. The van der Waals surface area contributed by atoms with Crippen LogP contribution < -0.4 is 16.8 Å². The number of carboxylic acid groups (broad SMARTS) is 2. The minimum atomic E-state index is -5.07. The first-order chi connectivity index (χ1) is 19.6. The molecule has 1 aromatic carbocycles. The van der Waals surface area contributed by atoms with Gasteiger partial charge in [0.25, 0.3) is 21.9 Å². The zero-order valence-corrected chi connectivity index (χ0v) is 24.2. The largest absolute Gasteiger partial charge is 0.464 e. The van der Waals surface area contributed by atoms with Crippen LogP contribution in [0.2, 0.25) is 0 Å². The number of amidine groups is 2. The summed E-state index contributed by atoms with van der Waals surface area (Å²) < 4.78 is 35.5. The van der Waals surface area contributed by atoms with E-state index in [0.29, 0.717) is 35.3 Å². The molecule has 8 N–H and O–H groups in total. The van der Waals surface area contributed by atoms with E-state index < -0.39 is 62.5 Å². The van der Waals surface area contributed by atoms with E-state index in [2.05, 4.69) is 15.3 Å². The quantitative estimate of drug-likeness (QED) is 0.140. The van der Waals surface area contributed by atoms with E-state index in [1.54, 1.807) is 0 Å². The summed E-state index contributed by atoms with van der Waals surface area (Å²) in [6.45, 7) is 0. The Hall–Kier alpha value is -4.03. The summed E-state index contributed by atoms with van der Waals surface area (Å²) in [7, 11) is -3.76. The number of imide groups is 6. The standard InChI is InChI=1S/C19H11N7O11S5/c1-22-11-3(13(28)26(19(33)34)17(30)24-11)15-39-6-4(20)5-7(9(8(6)41-15)42(35,36)37)40-14(38-5)2-10(21)23-16(29)25(12(2)27)18(31)32/h20H2,1H3,(H,31,32)(H,33,34)(H2,21,23,29)(H,22,24,30)(H,35,36,37)/b14-2-,15-3+. The van der Waals surface area contributed by atoms with Gasteiger partial charge in [0.15, 0.2) is 0 Å². The Morgan fingerprint density at radius 3 is 1.67 bits per heavy atom. The summed E-state index contributed by atoms with van der Waals surface area (Å²) in [6.07, 6.45) is -3.83. The molecule has 0 saturated carbocycles. The number of likely N-dealkylation sites (N-methyl/N-ethyl adjacent to an activating group) is 1. The normalized spacial score (nSPS) is 22.2. The Balaban J connectivity index is 1.69. The number of nitrogens with two attached hydrogens (primary N) is 2. The van der Waals surface area contributed by atoms with Crippen molar-refractivity contribution in [2.24, 2.45) is 15.7 Å². The number of nitrogens with one attached hydrogen (secondary N) is 1. The van der Waals surface area contributed by atoms with Crippen LogP contribution >= 0.6 is 47.0 Å². The molecule has 4 aliphatic rings. The molecule has 42 heavy (non-hydrogen) atoms.